The highest BCUT2D eigenvalue weighted by Gasteiger charge is 2.31. The van der Waals surface area contributed by atoms with Crippen LogP contribution in [0.2, 0.25) is 0 Å². The van der Waals surface area contributed by atoms with E-state index in [1.54, 1.807) is 0 Å². The summed E-state index contributed by atoms with van der Waals surface area (Å²) < 4.78 is 41.0. The lowest BCUT2D eigenvalue weighted by Gasteiger charge is -2.35. The number of nitrogens with zero attached hydrogens (tertiary/aromatic N) is 4. The number of halogens is 1. The van der Waals surface area contributed by atoms with Crippen LogP contribution < -0.4 is 10.2 Å². The lowest BCUT2D eigenvalue weighted by molar-refractivity contribution is 0.381. The second-order valence-corrected chi connectivity index (χ2v) is 9.90. The van der Waals surface area contributed by atoms with Crippen LogP contribution >= 0.6 is 0 Å². The van der Waals surface area contributed by atoms with Gasteiger partial charge in [-0.15, -0.1) is 0 Å². The summed E-state index contributed by atoms with van der Waals surface area (Å²) in [6.07, 6.45) is 6.03. The van der Waals surface area contributed by atoms with Gasteiger partial charge in [0.25, 0.3) is 0 Å². The van der Waals surface area contributed by atoms with Crippen LogP contribution in [-0.4, -0.2) is 54.9 Å². The Hall–Kier alpha value is -2.26. The molecule has 0 amide bonds. The molecule has 1 aliphatic heterocycles. The highest BCUT2D eigenvalue weighted by Crippen LogP contribution is 2.24. The normalized spacial score (nSPS) is 19.1. The highest BCUT2D eigenvalue weighted by atomic mass is 32.2. The Balaban J connectivity index is 1.44. The van der Waals surface area contributed by atoms with Crippen LogP contribution in [0.4, 0.5) is 16.2 Å². The van der Waals surface area contributed by atoms with Crippen LogP contribution in [0.25, 0.3) is 0 Å². The van der Waals surface area contributed by atoms with Crippen molar-refractivity contribution in [2.45, 2.75) is 50.0 Å². The topological polar surface area (TPSA) is 78.4 Å². The van der Waals surface area contributed by atoms with Gasteiger partial charge in [-0.25, -0.2) is 17.8 Å². The van der Waals surface area contributed by atoms with Crippen LogP contribution in [-0.2, 0) is 10.0 Å². The van der Waals surface area contributed by atoms with E-state index in [2.05, 4.69) is 20.2 Å². The van der Waals surface area contributed by atoms with Crippen LogP contribution in [0.1, 0.15) is 37.8 Å². The number of aryl methyl sites for hydroxylation is 1. The first-order valence-electron chi connectivity index (χ1n) is 10.6. The van der Waals surface area contributed by atoms with Crippen molar-refractivity contribution >= 4 is 21.8 Å². The monoisotopic (exact) mass is 433 g/mol. The molecule has 2 heterocycles. The predicted octanol–water partition coefficient (Wildman–Crippen LogP) is 3.18. The quantitative estimate of drug-likeness (QED) is 0.780. The zero-order chi connectivity index (χ0) is 21.1. The van der Waals surface area contributed by atoms with E-state index in [0.29, 0.717) is 25.1 Å². The minimum Gasteiger partial charge on any atom is -0.354 e. The Morgan fingerprint density at radius 3 is 2.43 bits per heavy atom. The van der Waals surface area contributed by atoms with E-state index in [-0.39, 0.29) is 18.0 Å². The fraction of sp³-hybridized carbons (Fsp3) is 0.524. The third-order valence-electron chi connectivity index (χ3n) is 5.80. The van der Waals surface area contributed by atoms with E-state index < -0.39 is 15.8 Å². The van der Waals surface area contributed by atoms with Gasteiger partial charge in [-0.2, -0.15) is 9.29 Å². The van der Waals surface area contributed by atoms with Crippen molar-refractivity contribution in [3.63, 3.8) is 0 Å². The molecule has 0 unspecified atom stereocenters. The van der Waals surface area contributed by atoms with Gasteiger partial charge in [-0.3, -0.25) is 0 Å². The molecule has 7 nitrogen and oxygen atoms in total. The van der Waals surface area contributed by atoms with Crippen molar-refractivity contribution in [2.24, 2.45) is 0 Å². The van der Waals surface area contributed by atoms with E-state index in [4.69, 9.17) is 0 Å². The van der Waals surface area contributed by atoms with Crippen LogP contribution in [0, 0.1) is 12.7 Å². The van der Waals surface area contributed by atoms with Gasteiger partial charge in [0, 0.05) is 44.0 Å². The third-order valence-corrected chi connectivity index (χ3v) is 7.73. The Morgan fingerprint density at radius 1 is 1.03 bits per heavy atom. The van der Waals surface area contributed by atoms with Crippen molar-refractivity contribution in [3.8, 4) is 0 Å². The van der Waals surface area contributed by atoms with E-state index in [1.165, 1.54) is 47.8 Å². The SMILES string of the molecule is Cc1cc(N2CCN(S(=O)(=O)c3ccccc3F)CC2)nc(NC2CCCCC2)n1. The fourth-order valence-corrected chi connectivity index (χ4v) is 5.65. The van der Waals surface area contributed by atoms with Crippen molar-refractivity contribution in [3.05, 3.63) is 41.8 Å². The van der Waals surface area contributed by atoms with Gasteiger partial charge in [-0.1, -0.05) is 31.4 Å². The number of hydrogen-bond acceptors (Lipinski definition) is 6. The minimum absolute atomic E-state index is 0.268. The van der Waals surface area contributed by atoms with Crippen molar-refractivity contribution in [1.82, 2.24) is 14.3 Å². The lowest BCUT2D eigenvalue weighted by atomic mass is 9.96. The van der Waals surface area contributed by atoms with Gasteiger partial charge >= 0.3 is 0 Å². The van der Waals surface area contributed by atoms with Crippen molar-refractivity contribution < 1.29 is 12.8 Å². The first-order valence-corrected chi connectivity index (χ1v) is 12.0. The minimum atomic E-state index is -3.85. The van der Waals surface area contributed by atoms with E-state index in [1.807, 2.05) is 13.0 Å². The highest BCUT2D eigenvalue weighted by molar-refractivity contribution is 7.89. The summed E-state index contributed by atoms with van der Waals surface area (Å²) in [7, 11) is -3.85. The first-order chi connectivity index (χ1) is 14.4. The van der Waals surface area contributed by atoms with E-state index >= 15 is 0 Å². The molecule has 1 saturated heterocycles. The zero-order valence-corrected chi connectivity index (χ0v) is 18.0. The Kier molecular flexibility index (Phi) is 6.19. The van der Waals surface area contributed by atoms with Gasteiger partial charge in [0.1, 0.15) is 16.5 Å². The third kappa shape index (κ3) is 4.57. The predicted molar refractivity (Wildman–Crippen MR) is 115 cm³/mol. The van der Waals surface area contributed by atoms with Gasteiger partial charge in [0.05, 0.1) is 0 Å². The van der Waals surface area contributed by atoms with Gasteiger partial charge in [0.15, 0.2) is 0 Å². The lowest BCUT2D eigenvalue weighted by Crippen LogP contribution is -2.49. The largest absolute Gasteiger partial charge is 0.354 e. The van der Waals surface area contributed by atoms with E-state index in [0.717, 1.165) is 24.4 Å². The molecule has 0 radical (unpaired) electrons. The van der Waals surface area contributed by atoms with Gasteiger partial charge in [-0.05, 0) is 31.9 Å². The Bertz CT molecular complexity index is 987. The maximum Gasteiger partial charge on any atom is 0.246 e. The molecule has 1 aliphatic carbocycles. The number of benzene rings is 1. The second-order valence-electron chi connectivity index (χ2n) is 7.99. The van der Waals surface area contributed by atoms with E-state index in [9.17, 15) is 12.8 Å². The summed E-state index contributed by atoms with van der Waals surface area (Å²) in [5.74, 6) is 0.715. The number of rotatable bonds is 5. The molecule has 2 aromatic rings. The molecular formula is C21H28FN5O2S. The second kappa shape index (κ2) is 8.85. The van der Waals surface area contributed by atoms with Gasteiger partial charge in [0.2, 0.25) is 16.0 Å². The molecule has 0 atom stereocenters. The molecule has 1 aromatic carbocycles. The summed E-state index contributed by atoms with van der Waals surface area (Å²) >= 11 is 0. The summed E-state index contributed by atoms with van der Waals surface area (Å²) in [5.41, 5.74) is 0.875. The molecule has 9 heteroatoms. The fourth-order valence-electron chi connectivity index (χ4n) is 4.16. The molecule has 4 rings (SSSR count). The molecule has 0 spiro atoms. The van der Waals surface area contributed by atoms with Crippen LogP contribution in [0.3, 0.4) is 0 Å². The number of piperazine rings is 1. The van der Waals surface area contributed by atoms with Crippen molar-refractivity contribution in [2.75, 3.05) is 36.4 Å². The molecule has 0 bridgehead atoms. The summed E-state index contributed by atoms with van der Waals surface area (Å²) in [4.78, 5) is 11.0. The summed E-state index contributed by atoms with van der Waals surface area (Å²) in [6, 6.07) is 7.85. The molecule has 2 aliphatic rings. The molecule has 1 saturated carbocycles. The average Bonchev–Trinajstić information content (AvgIpc) is 2.74. The molecule has 1 aromatic heterocycles. The van der Waals surface area contributed by atoms with Gasteiger partial charge < -0.3 is 10.2 Å². The maximum absolute atomic E-state index is 14.0. The van der Waals surface area contributed by atoms with Crippen LogP contribution in [0.15, 0.2) is 35.2 Å². The molecular weight excluding hydrogens is 405 g/mol. The summed E-state index contributed by atoms with van der Waals surface area (Å²) in [6.45, 7) is 3.49. The van der Waals surface area contributed by atoms with Crippen LogP contribution in [0.5, 0.6) is 0 Å². The zero-order valence-electron chi connectivity index (χ0n) is 17.2. The molecule has 30 heavy (non-hydrogen) atoms. The smallest absolute Gasteiger partial charge is 0.246 e. The number of hydrogen-bond donors (Lipinski definition) is 1. The molecule has 162 valence electrons. The Labute approximate surface area is 177 Å². The average molecular weight is 434 g/mol. The Morgan fingerprint density at radius 2 is 1.73 bits per heavy atom. The standard InChI is InChI=1S/C21H28FN5O2S/c1-16-15-20(25-21(23-16)24-17-7-3-2-4-8-17)26-11-13-27(14-12-26)30(28,29)19-10-6-5-9-18(19)22/h5-6,9-10,15,17H,2-4,7-8,11-14H2,1H3,(H,23,24,25). The number of nitrogens with one attached hydrogen (secondary N) is 1. The number of anilines is 2. The number of sulfonamides is 1. The summed E-state index contributed by atoms with van der Waals surface area (Å²) in [5, 5.41) is 3.47. The number of aromatic nitrogens is 2. The molecule has 1 N–H and O–H groups in total. The first kappa shape index (κ1) is 21.0. The molecule has 2 fully saturated rings. The van der Waals surface area contributed by atoms with Crippen molar-refractivity contribution in [1.29, 1.82) is 0 Å². The maximum atomic E-state index is 14.0.